The van der Waals surface area contributed by atoms with Crippen LogP contribution in [0.25, 0.3) is 5.69 Å². The molecule has 0 unspecified atom stereocenters. The van der Waals surface area contributed by atoms with E-state index in [0.717, 1.165) is 23.1 Å². The topological polar surface area (TPSA) is 81.4 Å². The summed E-state index contributed by atoms with van der Waals surface area (Å²) in [6.45, 7) is 2.83. The molecule has 1 aromatic carbocycles. The third-order valence-corrected chi connectivity index (χ3v) is 3.51. The molecule has 3 rings (SSSR count). The van der Waals surface area contributed by atoms with E-state index in [-0.39, 0.29) is 0 Å². The summed E-state index contributed by atoms with van der Waals surface area (Å²) in [6.07, 6.45) is 1.52. The van der Waals surface area contributed by atoms with E-state index in [1.807, 2.05) is 43.3 Å². The summed E-state index contributed by atoms with van der Waals surface area (Å²) < 4.78 is 1.68. The number of anilines is 1. The fourth-order valence-corrected chi connectivity index (χ4v) is 2.50. The maximum Gasteiger partial charge on any atom is 0.220 e. The molecule has 2 aromatic heterocycles. The highest BCUT2D eigenvalue weighted by Gasteiger charge is 2.11. The first-order chi connectivity index (χ1) is 10.4. The molecule has 0 bridgehead atoms. The molecule has 106 valence electrons. The number of hydrogen-bond donors (Lipinski definition) is 1. The lowest BCUT2D eigenvalue weighted by molar-refractivity contribution is 0.756. The zero-order valence-electron chi connectivity index (χ0n) is 11.3. The van der Waals surface area contributed by atoms with E-state index < -0.39 is 0 Å². The lowest BCUT2D eigenvalue weighted by Gasteiger charge is -2.05. The van der Waals surface area contributed by atoms with Crippen molar-refractivity contribution < 1.29 is 0 Å². The summed E-state index contributed by atoms with van der Waals surface area (Å²) in [6, 6.07) is 11.6. The van der Waals surface area contributed by atoms with Gasteiger partial charge in [-0.3, -0.25) is 0 Å². The molecule has 7 nitrogen and oxygen atoms in total. The molecule has 0 atom stereocenters. The molecule has 3 aromatic rings. The van der Waals surface area contributed by atoms with Crippen molar-refractivity contribution in [2.45, 2.75) is 17.1 Å². The van der Waals surface area contributed by atoms with Gasteiger partial charge in [0, 0.05) is 12.6 Å². The fraction of sp³-hybridized carbons (Fsp3) is 0.154. The Kier molecular flexibility index (Phi) is 4.06. The third-order valence-electron chi connectivity index (χ3n) is 2.64. The molecule has 0 amide bonds. The number of hydrogen-bond acceptors (Lipinski definition) is 7. The van der Waals surface area contributed by atoms with Gasteiger partial charge in [-0.1, -0.05) is 18.2 Å². The Morgan fingerprint density at radius 2 is 2.05 bits per heavy atom. The minimum absolute atomic E-state index is 0.655. The molecule has 0 aliphatic heterocycles. The van der Waals surface area contributed by atoms with Crippen molar-refractivity contribution in [3.8, 4) is 5.69 Å². The average Bonchev–Trinajstić information content (AvgIpc) is 2.97. The van der Waals surface area contributed by atoms with Gasteiger partial charge in [0.25, 0.3) is 0 Å². The minimum Gasteiger partial charge on any atom is -0.370 e. The molecular weight excluding hydrogens is 286 g/mol. The summed E-state index contributed by atoms with van der Waals surface area (Å²) in [5.41, 5.74) is 0.908. The second-order valence-corrected chi connectivity index (χ2v) is 5.07. The quantitative estimate of drug-likeness (QED) is 0.722. The number of aromatic nitrogens is 6. The van der Waals surface area contributed by atoms with Gasteiger partial charge >= 0.3 is 0 Å². The highest BCUT2D eigenvalue weighted by molar-refractivity contribution is 7.99. The summed E-state index contributed by atoms with van der Waals surface area (Å²) >= 11 is 1.39. The van der Waals surface area contributed by atoms with Crippen molar-refractivity contribution in [2.24, 2.45) is 0 Å². The van der Waals surface area contributed by atoms with Gasteiger partial charge in [-0.05, 0) is 41.2 Å². The summed E-state index contributed by atoms with van der Waals surface area (Å²) in [5.74, 6) is 0.786. The standard InChI is InChI=1S/C13H13N7S/c1-2-14-11-8-12(16-9-15-11)21-13-17-18-19-20(13)10-6-4-3-5-7-10/h3-9H,2H2,1H3,(H,14,15,16). The Morgan fingerprint density at radius 3 is 2.86 bits per heavy atom. The van der Waals surface area contributed by atoms with Crippen molar-refractivity contribution in [3.63, 3.8) is 0 Å². The molecule has 0 spiro atoms. The van der Waals surface area contributed by atoms with Gasteiger partial charge in [0.2, 0.25) is 5.16 Å². The van der Waals surface area contributed by atoms with Crippen molar-refractivity contribution >= 4 is 17.6 Å². The van der Waals surface area contributed by atoms with Gasteiger partial charge in [-0.25, -0.2) is 9.97 Å². The zero-order chi connectivity index (χ0) is 14.5. The first-order valence-electron chi connectivity index (χ1n) is 6.44. The monoisotopic (exact) mass is 299 g/mol. The second-order valence-electron chi connectivity index (χ2n) is 4.08. The Hall–Kier alpha value is -2.48. The molecule has 21 heavy (non-hydrogen) atoms. The van der Waals surface area contributed by atoms with Gasteiger partial charge in [0.15, 0.2) is 0 Å². The number of para-hydroxylation sites is 1. The Morgan fingerprint density at radius 1 is 1.19 bits per heavy atom. The van der Waals surface area contributed by atoms with Gasteiger partial charge in [0.05, 0.1) is 5.69 Å². The molecule has 0 radical (unpaired) electrons. The van der Waals surface area contributed by atoms with Crippen LogP contribution in [0.4, 0.5) is 5.82 Å². The van der Waals surface area contributed by atoms with Crippen LogP contribution in [0.3, 0.4) is 0 Å². The number of benzene rings is 1. The maximum atomic E-state index is 4.23. The van der Waals surface area contributed by atoms with E-state index >= 15 is 0 Å². The van der Waals surface area contributed by atoms with Crippen LogP contribution < -0.4 is 5.32 Å². The molecular formula is C13H13N7S. The minimum atomic E-state index is 0.655. The van der Waals surface area contributed by atoms with Gasteiger partial charge < -0.3 is 5.32 Å². The van der Waals surface area contributed by atoms with Crippen molar-refractivity contribution in [1.29, 1.82) is 0 Å². The fourth-order valence-electron chi connectivity index (χ4n) is 1.74. The van der Waals surface area contributed by atoms with E-state index in [0.29, 0.717) is 5.16 Å². The normalized spacial score (nSPS) is 10.5. The summed E-state index contributed by atoms with van der Waals surface area (Å²) in [7, 11) is 0. The van der Waals surface area contributed by atoms with Gasteiger partial charge in [-0.2, -0.15) is 4.68 Å². The largest absolute Gasteiger partial charge is 0.370 e. The predicted octanol–water partition coefficient (Wildman–Crippen LogP) is 2.04. The lowest BCUT2D eigenvalue weighted by atomic mass is 10.3. The second kappa shape index (κ2) is 6.31. The van der Waals surface area contributed by atoms with Crippen LogP contribution in [-0.4, -0.2) is 36.7 Å². The Bertz CT molecular complexity index is 713. The molecule has 2 heterocycles. The number of nitrogens with one attached hydrogen (secondary N) is 1. The van der Waals surface area contributed by atoms with Crippen LogP contribution >= 0.6 is 11.8 Å². The number of nitrogens with zero attached hydrogens (tertiary/aromatic N) is 6. The maximum absolute atomic E-state index is 4.23. The van der Waals surface area contributed by atoms with E-state index in [4.69, 9.17) is 0 Å². The van der Waals surface area contributed by atoms with Gasteiger partial charge in [0.1, 0.15) is 17.2 Å². The average molecular weight is 299 g/mol. The number of tetrazole rings is 1. The summed E-state index contributed by atoms with van der Waals surface area (Å²) in [4.78, 5) is 8.38. The van der Waals surface area contributed by atoms with Crippen LogP contribution in [0.5, 0.6) is 0 Å². The van der Waals surface area contributed by atoms with E-state index in [1.54, 1.807) is 4.68 Å². The molecule has 0 saturated heterocycles. The van der Waals surface area contributed by atoms with Crippen molar-refractivity contribution in [3.05, 3.63) is 42.7 Å². The molecule has 0 aliphatic rings. The lowest BCUT2D eigenvalue weighted by Crippen LogP contribution is -2.01. The van der Waals surface area contributed by atoms with Crippen LogP contribution in [-0.2, 0) is 0 Å². The summed E-state index contributed by atoms with van der Waals surface area (Å²) in [5, 5.41) is 16.4. The molecule has 1 N–H and O–H groups in total. The predicted molar refractivity (Wildman–Crippen MR) is 79.5 cm³/mol. The van der Waals surface area contributed by atoms with Crippen molar-refractivity contribution in [2.75, 3.05) is 11.9 Å². The first kappa shape index (κ1) is 13.5. The van der Waals surface area contributed by atoms with Crippen LogP contribution in [0.2, 0.25) is 0 Å². The van der Waals surface area contributed by atoms with Gasteiger partial charge in [-0.15, -0.1) is 5.10 Å². The Balaban J connectivity index is 1.86. The van der Waals surface area contributed by atoms with E-state index in [2.05, 4.69) is 30.8 Å². The highest BCUT2D eigenvalue weighted by atomic mass is 32.2. The molecule has 0 fully saturated rings. The Labute approximate surface area is 125 Å². The smallest absolute Gasteiger partial charge is 0.220 e. The zero-order valence-corrected chi connectivity index (χ0v) is 12.2. The van der Waals surface area contributed by atoms with Crippen LogP contribution in [0.15, 0.2) is 52.9 Å². The third kappa shape index (κ3) is 3.16. The molecule has 0 aliphatic carbocycles. The molecule has 0 saturated carbocycles. The SMILES string of the molecule is CCNc1cc(Sc2nnnn2-c2ccccc2)ncn1. The van der Waals surface area contributed by atoms with Crippen LogP contribution in [0, 0.1) is 0 Å². The van der Waals surface area contributed by atoms with E-state index in [1.165, 1.54) is 18.1 Å². The first-order valence-corrected chi connectivity index (χ1v) is 7.26. The van der Waals surface area contributed by atoms with Crippen molar-refractivity contribution in [1.82, 2.24) is 30.2 Å². The van der Waals surface area contributed by atoms with Crippen LogP contribution in [0.1, 0.15) is 6.92 Å². The number of rotatable bonds is 5. The molecule has 8 heteroatoms. The van der Waals surface area contributed by atoms with E-state index in [9.17, 15) is 0 Å². The highest BCUT2D eigenvalue weighted by Crippen LogP contribution is 2.26.